The fraction of sp³-hybridized carbons (Fsp3) is 0.0811. The number of para-hydroxylation sites is 1. The van der Waals surface area contributed by atoms with E-state index in [1.165, 1.54) is 71.6 Å². The van der Waals surface area contributed by atoms with Crippen molar-refractivity contribution in [3.05, 3.63) is 139 Å². The van der Waals surface area contributed by atoms with E-state index >= 15 is 0 Å². The first-order valence-corrected chi connectivity index (χ1v) is 13.4. The van der Waals surface area contributed by atoms with Crippen LogP contribution in [0.4, 0.5) is 0 Å². The van der Waals surface area contributed by atoms with E-state index in [0.29, 0.717) is 0 Å². The summed E-state index contributed by atoms with van der Waals surface area (Å²) >= 11 is 0. The molecule has 180 valence electrons. The predicted octanol–water partition coefficient (Wildman–Crippen LogP) is 9.91. The first-order chi connectivity index (χ1) is 18.6. The lowest BCUT2D eigenvalue weighted by atomic mass is 9.82. The molecule has 0 spiro atoms. The maximum absolute atomic E-state index is 2.42. The average molecular weight is 486 g/mol. The van der Waals surface area contributed by atoms with Crippen LogP contribution in [0.25, 0.3) is 60.5 Å². The molecule has 0 aliphatic heterocycles. The maximum atomic E-state index is 2.42. The summed E-state index contributed by atoms with van der Waals surface area (Å²) in [6.45, 7) is 4.68. The van der Waals surface area contributed by atoms with Crippen molar-refractivity contribution in [2.75, 3.05) is 0 Å². The molecular formula is C37H27N. The lowest BCUT2D eigenvalue weighted by Crippen LogP contribution is -2.14. The van der Waals surface area contributed by atoms with Crippen LogP contribution in [-0.4, -0.2) is 4.57 Å². The second kappa shape index (κ2) is 7.69. The number of fused-ring (bicyclic) bond motifs is 7. The quantitative estimate of drug-likeness (QED) is 0.230. The third-order valence-corrected chi connectivity index (χ3v) is 8.58. The van der Waals surface area contributed by atoms with Gasteiger partial charge in [-0.3, -0.25) is 0 Å². The van der Waals surface area contributed by atoms with Gasteiger partial charge in [0.05, 0.1) is 11.0 Å². The number of hydrogen-bond donors (Lipinski definition) is 0. The number of nitrogens with zero attached hydrogens (tertiary/aromatic N) is 1. The molecule has 1 aliphatic carbocycles. The Morgan fingerprint density at radius 3 is 2.08 bits per heavy atom. The molecule has 8 rings (SSSR count). The highest BCUT2D eigenvalue weighted by Crippen LogP contribution is 2.49. The SMILES string of the molecule is CC1(C)c2ccccc2-c2cc(-c3ccc4c5ccccc5n(-c5ccc6ccccc6c5)c4c3)ccc21. The molecule has 7 aromatic rings. The zero-order chi connectivity index (χ0) is 25.4. The van der Waals surface area contributed by atoms with Gasteiger partial charge in [-0.25, -0.2) is 0 Å². The van der Waals surface area contributed by atoms with Gasteiger partial charge in [-0.05, 0) is 74.5 Å². The van der Waals surface area contributed by atoms with Gasteiger partial charge in [0.15, 0.2) is 0 Å². The van der Waals surface area contributed by atoms with Crippen LogP contribution in [0, 0.1) is 0 Å². The second-order valence-corrected chi connectivity index (χ2v) is 11.0. The van der Waals surface area contributed by atoms with Gasteiger partial charge in [0.1, 0.15) is 0 Å². The Hall–Kier alpha value is -4.62. The summed E-state index contributed by atoms with van der Waals surface area (Å²) < 4.78 is 2.42. The maximum Gasteiger partial charge on any atom is 0.0547 e. The molecule has 1 heteroatoms. The predicted molar refractivity (Wildman–Crippen MR) is 161 cm³/mol. The number of rotatable bonds is 2. The first-order valence-electron chi connectivity index (χ1n) is 13.4. The van der Waals surface area contributed by atoms with Gasteiger partial charge in [0, 0.05) is 21.9 Å². The van der Waals surface area contributed by atoms with Crippen molar-refractivity contribution in [2.45, 2.75) is 19.3 Å². The molecule has 0 saturated carbocycles. The molecule has 1 aliphatic rings. The smallest absolute Gasteiger partial charge is 0.0547 e. The van der Waals surface area contributed by atoms with Crippen molar-refractivity contribution in [3.8, 4) is 27.9 Å². The third-order valence-electron chi connectivity index (χ3n) is 8.58. The van der Waals surface area contributed by atoms with Gasteiger partial charge in [-0.2, -0.15) is 0 Å². The molecule has 0 saturated heterocycles. The van der Waals surface area contributed by atoms with E-state index in [4.69, 9.17) is 0 Å². The minimum absolute atomic E-state index is 0.0247. The molecule has 1 heterocycles. The molecule has 0 fully saturated rings. The molecule has 0 N–H and O–H groups in total. The van der Waals surface area contributed by atoms with Crippen LogP contribution in [-0.2, 0) is 5.41 Å². The van der Waals surface area contributed by atoms with E-state index in [1.54, 1.807) is 0 Å². The number of hydrogen-bond acceptors (Lipinski definition) is 0. The zero-order valence-corrected chi connectivity index (χ0v) is 21.6. The lowest BCUT2D eigenvalue weighted by Gasteiger charge is -2.21. The standard InChI is InChI=1S/C37H27N/c1-37(2)33-13-7-5-11-29(33)32-22-26(17-20-34(32)37)27-16-19-31-30-12-6-8-14-35(30)38(36(31)23-27)28-18-15-24-9-3-4-10-25(24)21-28/h3-23H,1-2H3. The van der Waals surface area contributed by atoms with Crippen LogP contribution in [0.15, 0.2) is 127 Å². The fourth-order valence-electron chi connectivity index (χ4n) is 6.64. The van der Waals surface area contributed by atoms with Gasteiger partial charge in [0.25, 0.3) is 0 Å². The summed E-state index contributed by atoms with van der Waals surface area (Å²) in [6.07, 6.45) is 0. The van der Waals surface area contributed by atoms with E-state index < -0.39 is 0 Å². The summed E-state index contributed by atoms with van der Waals surface area (Å²) in [5.41, 5.74) is 11.7. The molecule has 0 amide bonds. The van der Waals surface area contributed by atoms with E-state index in [9.17, 15) is 0 Å². The Morgan fingerprint density at radius 2 is 1.16 bits per heavy atom. The Labute approximate surface area is 222 Å². The van der Waals surface area contributed by atoms with E-state index in [-0.39, 0.29) is 5.41 Å². The van der Waals surface area contributed by atoms with Crippen LogP contribution in [0.5, 0.6) is 0 Å². The molecule has 38 heavy (non-hydrogen) atoms. The molecular weight excluding hydrogens is 458 g/mol. The molecule has 0 atom stereocenters. The average Bonchev–Trinajstić information content (AvgIpc) is 3.41. The Morgan fingerprint density at radius 1 is 0.474 bits per heavy atom. The molecule has 0 radical (unpaired) electrons. The summed E-state index contributed by atoms with van der Waals surface area (Å²) in [5.74, 6) is 0. The summed E-state index contributed by atoms with van der Waals surface area (Å²) in [6, 6.07) is 47.0. The molecule has 6 aromatic carbocycles. The van der Waals surface area contributed by atoms with E-state index in [0.717, 1.165) is 0 Å². The molecule has 0 unspecified atom stereocenters. The lowest BCUT2D eigenvalue weighted by molar-refractivity contribution is 0.660. The fourth-order valence-corrected chi connectivity index (χ4v) is 6.64. The molecule has 0 bridgehead atoms. The highest BCUT2D eigenvalue weighted by molar-refractivity contribution is 6.10. The topological polar surface area (TPSA) is 4.93 Å². The Bertz CT molecular complexity index is 2050. The first kappa shape index (κ1) is 21.5. The van der Waals surface area contributed by atoms with Gasteiger partial charge >= 0.3 is 0 Å². The van der Waals surface area contributed by atoms with Crippen molar-refractivity contribution in [1.29, 1.82) is 0 Å². The minimum atomic E-state index is 0.0247. The largest absolute Gasteiger partial charge is 0.309 e. The summed E-state index contributed by atoms with van der Waals surface area (Å²) in [7, 11) is 0. The second-order valence-electron chi connectivity index (χ2n) is 11.0. The normalized spacial score (nSPS) is 13.7. The highest BCUT2D eigenvalue weighted by atomic mass is 15.0. The summed E-state index contributed by atoms with van der Waals surface area (Å²) in [4.78, 5) is 0. The van der Waals surface area contributed by atoms with Crippen molar-refractivity contribution < 1.29 is 0 Å². The molecule has 1 nitrogen and oxygen atoms in total. The van der Waals surface area contributed by atoms with Crippen molar-refractivity contribution in [1.82, 2.24) is 4.57 Å². The number of aromatic nitrogens is 1. The van der Waals surface area contributed by atoms with Crippen molar-refractivity contribution in [3.63, 3.8) is 0 Å². The highest BCUT2D eigenvalue weighted by Gasteiger charge is 2.35. The van der Waals surface area contributed by atoms with E-state index in [1.807, 2.05) is 0 Å². The summed E-state index contributed by atoms with van der Waals surface area (Å²) in [5, 5.41) is 5.09. The van der Waals surface area contributed by atoms with Crippen LogP contribution in [0.2, 0.25) is 0 Å². The van der Waals surface area contributed by atoms with Crippen molar-refractivity contribution >= 4 is 32.6 Å². The van der Waals surface area contributed by atoms with Crippen LogP contribution < -0.4 is 0 Å². The number of benzene rings is 6. The van der Waals surface area contributed by atoms with Crippen LogP contribution >= 0.6 is 0 Å². The van der Waals surface area contributed by atoms with Gasteiger partial charge in [-0.15, -0.1) is 0 Å². The van der Waals surface area contributed by atoms with Crippen molar-refractivity contribution in [2.24, 2.45) is 0 Å². The third kappa shape index (κ3) is 2.93. The Kier molecular flexibility index (Phi) is 4.35. The van der Waals surface area contributed by atoms with Crippen LogP contribution in [0.3, 0.4) is 0 Å². The molecule has 1 aromatic heterocycles. The van der Waals surface area contributed by atoms with Gasteiger partial charge < -0.3 is 4.57 Å². The Balaban J connectivity index is 1.36. The van der Waals surface area contributed by atoms with Crippen LogP contribution in [0.1, 0.15) is 25.0 Å². The zero-order valence-electron chi connectivity index (χ0n) is 21.6. The minimum Gasteiger partial charge on any atom is -0.309 e. The monoisotopic (exact) mass is 485 g/mol. The van der Waals surface area contributed by atoms with Gasteiger partial charge in [0.2, 0.25) is 0 Å². The van der Waals surface area contributed by atoms with E-state index in [2.05, 4.69) is 146 Å². The van der Waals surface area contributed by atoms with Gasteiger partial charge in [-0.1, -0.05) is 111 Å².